The van der Waals surface area contributed by atoms with Crippen molar-refractivity contribution < 1.29 is 14.6 Å². The zero-order chi connectivity index (χ0) is 27.3. The van der Waals surface area contributed by atoms with Crippen molar-refractivity contribution >= 4 is 33.4 Å². The van der Waals surface area contributed by atoms with Gasteiger partial charge in [-0.3, -0.25) is 4.90 Å². The molecule has 4 aromatic rings. The molecule has 0 bridgehead atoms. The first-order valence-corrected chi connectivity index (χ1v) is 14.6. The van der Waals surface area contributed by atoms with Gasteiger partial charge in [0.15, 0.2) is 0 Å². The molecule has 4 heterocycles. The fourth-order valence-corrected chi connectivity index (χ4v) is 6.29. The number of thiophene rings is 1. The predicted molar refractivity (Wildman–Crippen MR) is 157 cm³/mol. The zero-order valence-corrected chi connectivity index (χ0v) is 23.2. The molecule has 0 aliphatic carbocycles. The number of amides is 2. The summed E-state index contributed by atoms with van der Waals surface area (Å²) in [6, 6.07) is 20.6. The lowest BCUT2D eigenvalue weighted by Gasteiger charge is -2.38. The molecule has 40 heavy (non-hydrogen) atoms. The van der Waals surface area contributed by atoms with E-state index in [1.54, 1.807) is 17.7 Å². The third-order valence-corrected chi connectivity index (χ3v) is 8.69. The summed E-state index contributed by atoms with van der Waals surface area (Å²) in [5.74, 6) is 0.721. The lowest BCUT2D eigenvalue weighted by Crippen LogP contribution is -2.54. The highest BCUT2D eigenvalue weighted by Crippen LogP contribution is 2.36. The Kier molecular flexibility index (Phi) is 8.19. The first-order chi connectivity index (χ1) is 19.7. The van der Waals surface area contributed by atoms with Crippen molar-refractivity contribution in [2.75, 3.05) is 64.4 Å². The molecule has 2 aliphatic rings. The summed E-state index contributed by atoms with van der Waals surface area (Å²) >= 11 is 1.64. The van der Waals surface area contributed by atoms with Crippen LogP contribution in [-0.2, 0) is 11.3 Å². The number of aromatic nitrogens is 2. The molecule has 2 aliphatic heterocycles. The van der Waals surface area contributed by atoms with Crippen molar-refractivity contribution in [3.05, 3.63) is 78.1 Å². The second-order valence-electron chi connectivity index (χ2n) is 10.2. The average molecular weight is 559 g/mol. The standard InChI is InChI=1S/C30H34N6O3S/c37-20-26(23-4-2-1-3-5-23)33-28-25-18-27(40-29(25)32-21-31-28)24-8-6-22(7-9-24)19-34-10-12-35(13-11-34)30(38)36-14-16-39-17-15-36/h1-9,18,21,26,37H,10-17,19-20H2,(H,31,32,33)/t26-/m1/s1. The Hall–Kier alpha value is -3.57. The van der Waals surface area contributed by atoms with E-state index in [1.165, 1.54) is 5.56 Å². The van der Waals surface area contributed by atoms with Crippen LogP contribution in [0.2, 0.25) is 0 Å². The van der Waals surface area contributed by atoms with Gasteiger partial charge in [-0.1, -0.05) is 54.6 Å². The van der Waals surface area contributed by atoms with E-state index in [9.17, 15) is 9.90 Å². The quantitative estimate of drug-likeness (QED) is 0.353. The van der Waals surface area contributed by atoms with E-state index in [2.05, 4.69) is 50.5 Å². The van der Waals surface area contributed by atoms with Gasteiger partial charge in [0.1, 0.15) is 17.0 Å². The molecule has 2 fully saturated rings. The molecule has 0 unspecified atom stereocenters. The average Bonchev–Trinajstić information content (AvgIpc) is 3.46. The molecule has 9 nitrogen and oxygen atoms in total. The molecular weight excluding hydrogens is 524 g/mol. The minimum absolute atomic E-state index is 0.0345. The van der Waals surface area contributed by atoms with Crippen molar-refractivity contribution in [1.82, 2.24) is 24.7 Å². The summed E-state index contributed by atoms with van der Waals surface area (Å²) in [4.78, 5) is 30.1. The Bertz CT molecular complexity index is 1420. The van der Waals surface area contributed by atoms with Gasteiger partial charge in [0, 0.05) is 50.7 Å². The maximum absolute atomic E-state index is 12.8. The highest BCUT2D eigenvalue weighted by molar-refractivity contribution is 7.21. The van der Waals surface area contributed by atoms with Gasteiger partial charge in [-0.25, -0.2) is 14.8 Å². The topological polar surface area (TPSA) is 94.1 Å². The molecule has 2 aromatic carbocycles. The van der Waals surface area contributed by atoms with Crippen molar-refractivity contribution in [1.29, 1.82) is 0 Å². The summed E-state index contributed by atoms with van der Waals surface area (Å²) in [5, 5.41) is 14.4. The maximum atomic E-state index is 12.8. The Morgan fingerprint density at radius 1 is 0.950 bits per heavy atom. The minimum Gasteiger partial charge on any atom is -0.394 e. The van der Waals surface area contributed by atoms with Crippen LogP contribution in [-0.4, -0.2) is 94.9 Å². The molecule has 2 saturated heterocycles. The number of carbonyl (C=O) groups excluding carboxylic acids is 1. The molecule has 1 atom stereocenters. The van der Waals surface area contributed by atoms with E-state index in [0.717, 1.165) is 64.8 Å². The number of aliphatic hydroxyl groups is 1. The van der Waals surface area contributed by atoms with E-state index in [4.69, 9.17) is 4.74 Å². The molecular formula is C30H34N6O3S. The van der Waals surface area contributed by atoms with E-state index in [0.29, 0.717) is 26.3 Å². The van der Waals surface area contributed by atoms with Gasteiger partial charge in [0.2, 0.25) is 0 Å². The number of anilines is 1. The summed E-state index contributed by atoms with van der Waals surface area (Å²) in [5.41, 5.74) is 3.40. The van der Waals surface area contributed by atoms with E-state index in [1.807, 2.05) is 40.1 Å². The maximum Gasteiger partial charge on any atom is 0.320 e. The van der Waals surface area contributed by atoms with Crippen LogP contribution >= 0.6 is 11.3 Å². The highest BCUT2D eigenvalue weighted by atomic mass is 32.1. The van der Waals surface area contributed by atoms with Crippen LogP contribution in [0.4, 0.5) is 10.6 Å². The molecule has 208 valence electrons. The van der Waals surface area contributed by atoms with Gasteiger partial charge >= 0.3 is 6.03 Å². The van der Waals surface area contributed by atoms with Gasteiger partial charge < -0.3 is 25.0 Å². The number of nitrogens with one attached hydrogen (secondary N) is 1. The second-order valence-corrected chi connectivity index (χ2v) is 11.2. The first kappa shape index (κ1) is 26.6. The van der Waals surface area contributed by atoms with Crippen LogP contribution in [0, 0.1) is 0 Å². The highest BCUT2D eigenvalue weighted by Gasteiger charge is 2.26. The van der Waals surface area contributed by atoms with Crippen LogP contribution in [0.5, 0.6) is 0 Å². The number of morpholine rings is 1. The normalized spacial score (nSPS) is 17.2. The Morgan fingerprint density at radius 3 is 2.40 bits per heavy atom. The Morgan fingerprint density at radius 2 is 1.68 bits per heavy atom. The van der Waals surface area contributed by atoms with Crippen molar-refractivity contribution in [3.63, 3.8) is 0 Å². The number of ether oxygens (including phenoxy) is 1. The largest absolute Gasteiger partial charge is 0.394 e. The van der Waals surface area contributed by atoms with Gasteiger partial charge in [0.05, 0.1) is 31.2 Å². The number of benzene rings is 2. The molecule has 10 heteroatoms. The van der Waals surface area contributed by atoms with E-state index < -0.39 is 0 Å². The Balaban J connectivity index is 1.09. The number of hydrogen-bond acceptors (Lipinski definition) is 8. The zero-order valence-electron chi connectivity index (χ0n) is 22.4. The van der Waals surface area contributed by atoms with Crippen molar-refractivity contribution in [3.8, 4) is 10.4 Å². The fourth-order valence-electron chi connectivity index (χ4n) is 5.28. The number of piperazine rings is 1. The monoisotopic (exact) mass is 558 g/mol. The third-order valence-electron chi connectivity index (χ3n) is 7.59. The molecule has 2 amide bonds. The second kappa shape index (κ2) is 12.3. The van der Waals surface area contributed by atoms with Crippen LogP contribution in [0.15, 0.2) is 67.0 Å². The van der Waals surface area contributed by atoms with Crippen LogP contribution < -0.4 is 5.32 Å². The Labute approximate surface area is 238 Å². The van der Waals surface area contributed by atoms with E-state index >= 15 is 0 Å². The van der Waals surface area contributed by atoms with Crippen molar-refractivity contribution in [2.45, 2.75) is 12.6 Å². The van der Waals surface area contributed by atoms with Crippen molar-refractivity contribution in [2.24, 2.45) is 0 Å². The van der Waals surface area contributed by atoms with Gasteiger partial charge in [0.25, 0.3) is 0 Å². The van der Waals surface area contributed by atoms with Gasteiger partial charge in [-0.15, -0.1) is 11.3 Å². The lowest BCUT2D eigenvalue weighted by molar-refractivity contribution is 0.0373. The number of fused-ring (bicyclic) bond motifs is 1. The summed E-state index contributed by atoms with van der Waals surface area (Å²) in [7, 11) is 0. The smallest absolute Gasteiger partial charge is 0.320 e. The molecule has 0 radical (unpaired) electrons. The lowest BCUT2D eigenvalue weighted by atomic mass is 10.1. The summed E-state index contributed by atoms with van der Waals surface area (Å²) < 4.78 is 5.37. The number of nitrogens with zero attached hydrogens (tertiary/aromatic N) is 5. The molecule has 0 spiro atoms. The van der Waals surface area contributed by atoms with E-state index in [-0.39, 0.29) is 18.7 Å². The number of rotatable bonds is 7. The number of aliphatic hydroxyl groups excluding tert-OH is 1. The molecule has 6 rings (SSSR count). The SMILES string of the molecule is O=C(N1CCOCC1)N1CCN(Cc2ccc(-c3cc4c(N[C@H](CO)c5ccccc5)ncnc4s3)cc2)CC1. The summed E-state index contributed by atoms with van der Waals surface area (Å²) in [6.45, 7) is 6.74. The van der Waals surface area contributed by atoms with Crippen LogP contribution in [0.25, 0.3) is 20.7 Å². The number of hydrogen-bond donors (Lipinski definition) is 2. The first-order valence-electron chi connectivity index (χ1n) is 13.8. The van der Waals surface area contributed by atoms with Crippen LogP contribution in [0.3, 0.4) is 0 Å². The molecule has 0 saturated carbocycles. The summed E-state index contributed by atoms with van der Waals surface area (Å²) in [6.07, 6.45) is 1.57. The third kappa shape index (κ3) is 5.95. The molecule has 2 N–H and O–H groups in total. The van der Waals surface area contributed by atoms with Gasteiger partial charge in [-0.05, 0) is 22.8 Å². The predicted octanol–water partition coefficient (Wildman–Crippen LogP) is 4.07. The minimum atomic E-state index is -0.249. The number of carbonyl (C=O) groups is 1. The number of urea groups is 1. The van der Waals surface area contributed by atoms with Crippen LogP contribution in [0.1, 0.15) is 17.2 Å². The van der Waals surface area contributed by atoms with Gasteiger partial charge in [-0.2, -0.15) is 0 Å². The fraction of sp³-hybridized carbons (Fsp3) is 0.367. The molecule has 2 aromatic heterocycles.